The van der Waals surface area contributed by atoms with Gasteiger partial charge in [0.25, 0.3) is 5.56 Å². The lowest BCUT2D eigenvalue weighted by Gasteiger charge is -2.12. The molecule has 136 valence electrons. The van der Waals surface area contributed by atoms with Gasteiger partial charge in [0.1, 0.15) is 17.2 Å². The first-order valence-corrected chi connectivity index (χ1v) is 8.10. The molecule has 1 amide bonds. The van der Waals surface area contributed by atoms with Crippen molar-refractivity contribution in [1.82, 2.24) is 15.0 Å². The molecule has 0 aliphatic heterocycles. The normalized spacial score (nSPS) is 14.6. The largest absolute Gasteiger partial charge is 0.452 e. The molecule has 9 heteroatoms. The van der Waals surface area contributed by atoms with E-state index in [0.29, 0.717) is 19.1 Å². The third kappa shape index (κ3) is 3.14. The van der Waals surface area contributed by atoms with Gasteiger partial charge in [-0.25, -0.2) is 14.4 Å². The molecule has 4 rings (SSSR count). The Kier molecular flexibility index (Phi) is 3.91. The fourth-order valence-corrected chi connectivity index (χ4v) is 2.58. The molecule has 0 unspecified atom stereocenters. The van der Waals surface area contributed by atoms with E-state index in [2.05, 4.69) is 20.3 Å². The van der Waals surface area contributed by atoms with Crippen LogP contribution in [0.5, 0.6) is 11.5 Å². The molecule has 1 aromatic carbocycles. The van der Waals surface area contributed by atoms with E-state index >= 15 is 0 Å². The second-order valence-electron chi connectivity index (χ2n) is 6.23. The molecular formula is C18H13FN4O4. The Hall–Kier alpha value is -3.62. The van der Waals surface area contributed by atoms with Crippen LogP contribution in [-0.4, -0.2) is 27.1 Å². The Balaban J connectivity index is 1.59. The van der Waals surface area contributed by atoms with Crippen LogP contribution in [0.1, 0.15) is 12.8 Å². The number of aromatic nitrogens is 3. The number of benzene rings is 1. The third-order valence-electron chi connectivity index (χ3n) is 4.32. The molecule has 27 heavy (non-hydrogen) atoms. The van der Waals surface area contributed by atoms with Gasteiger partial charge in [-0.3, -0.25) is 9.59 Å². The molecule has 2 heterocycles. The van der Waals surface area contributed by atoms with Crippen molar-refractivity contribution in [3.63, 3.8) is 0 Å². The Morgan fingerprint density at radius 1 is 1.26 bits per heavy atom. The van der Waals surface area contributed by atoms with Crippen LogP contribution in [-0.2, 0) is 9.59 Å². The maximum atomic E-state index is 14.4. The van der Waals surface area contributed by atoms with Crippen LogP contribution in [0.4, 0.5) is 10.1 Å². The molecule has 0 atom stereocenters. The third-order valence-corrected chi connectivity index (χ3v) is 4.32. The fourth-order valence-electron chi connectivity index (χ4n) is 2.58. The van der Waals surface area contributed by atoms with Gasteiger partial charge >= 0.3 is 0 Å². The lowest BCUT2D eigenvalue weighted by molar-refractivity contribution is -0.126. The van der Waals surface area contributed by atoms with Crippen molar-refractivity contribution >= 4 is 29.0 Å². The molecule has 2 N–H and O–H groups in total. The summed E-state index contributed by atoms with van der Waals surface area (Å²) in [6, 6.07) is 5.36. The molecule has 1 aliphatic carbocycles. The van der Waals surface area contributed by atoms with Gasteiger partial charge in [-0.2, -0.15) is 0 Å². The monoisotopic (exact) mass is 368 g/mol. The van der Waals surface area contributed by atoms with Gasteiger partial charge in [0.15, 0.2) is 23.0 Å². The van der Waals surface area contributed by atoms with E-state index in [-0.39, 0.29) is 28.4 Å². The summed E-state index contributed by atoms with van der Waals surface area (Å²) in [6.45, 7) is 0. The van der Waals surface area contributed by atoms with Crippen molar-refractivity contribution in [2.45, 2.75) is 12.8 Å². The van der Waals surface area contributed by atoms with E-state index in [1.54, 1.807) is 0 Å². The van der Waals surface area contributed by atoms with E-state index in [0.717, 1.165) is 12.3 Å². The van der Waals surface area contributed by atoms with Gasteiger partial charge in [0.2, 0.25) is 5.91 Å². The highest BCUT2D eigenvalue weighted by atomic mass is 19.1. The number of fused-ring (bicyclic) bond motifs is 1. The minimum Gasteiger partial charge on any atom is -0.452 e. The number of ether oxygens (including phenoxy) is 1. The standard InChI is InChI=1S/C18H13FN4O4/c19-11-7-10(22-17(26)18(9-24)4-5-18)1-2-12(11)27-13-3-6-20-16-15(13)23-14(25)8-21-16/h1-3,6-9H,4-5H2,(H,22,26)(H,23,25). The Labute approximate surface area is 151 Å². The fraction of sp³-hybridized carbons (Fsp3) is 0.167. The van der Waals surface area contributed by atoms with Crippen LogP contribution in [0, 0.1) is 11.2 Å². The van der Waals surface area contributed by atoms with Crippen molar-refractivity contribution in [1.29, 1.82) is 0 Å². The average Bonchev–Trinajstić information content (AvgIpc) is 3.46. The van der Waals surface area contributed by atoms with Crippen molar-refractivity contribution < 1.29 is 18.7 Å². The molecule has 3 aromatic rings. The van der Waals surface area contributed by atoms with Crippen molar-refractivity contribution in [2.75, 3.05) is 5.32 Å². The first-order valence-electron chi connectivity index (χ1n) is 8.10. The van der Waals surface area contributed by atoms with E-state index in [1.807, 2.05) is 0 Å². The first-order chi connectivity index (χ1) is 13.0. The smallest absolute Gasteiger partial charge is 0.267 e. The minimum atomic E-state index is -0.986. The van der Waals surface area contributed by atoms with E-state index < -0.39 is 22.7 Å². The van der Waals surface area contributed by atoms with Crippen LogP contribution >= 0.6 is 0 Å². The van der Waals surface area contributed by atoms with Crippen molar-refractivity contribution in [3.05, 3.63) is 52.8 Å². The van der Waals surface area contributed by atoms with E-state index in [1.165, 1.54) is 24.4 Å². The number of nitrogens with zero attached hydrogens (tertiary/aromatic N) is 2. The first kappa shape index (κ1) is 16.8. The highest BCUT2D eigenvalue weighted by molar-refractivity contribution is 6.07. The molecule has 8 nitrogen and oxygen atoms in total. The lowest BCUT2D eigenvalue weighted by atomic mass is 10.1. The number of halogens is 1. The number of hydrogen-bond donors (Lipinski definition) is 2. The highest BCUT2D eigenvalue weighted by Gasteiger charge is 2.50. The molecular weight excluding hydrogens is 355 g/mol. The summed E-state index contributed by atoms with van der Waals surface area (Å²) < 4.78 is 20.0. The number of aromatic amines is 1. The predicted octanol–water partition coefficient (Wildman–Crippen LogP) is 2.17. The number of H-pyrrole nitrogens is 1. The molecule has 0 radical (unpaired) electrons. The van der Waals surface area contributed by atoms with Gasteiger partial charge < -0.3 is 19.8 Å². The summed E-state index contributed by atoms with van der Waals surface area (Å²) in [7, 11) is 0. The summed E-state index contributed by atoms with van der Waals surface area (Å²) >= 11 is 0. The second-order valence-corrected chi connectivity index (χ2v) is 6.23. The number of aldehydes is 1. The molecule has 0 spiro atoms. The quantitative estimate of drug-likeness (QED) is 0.527. The van der Waals surface area contributed by atoms with E-state index in [4.69, 9.17) is 4.74 Å². The van der Waals surface area contributed by atoms with Gasteiger partial charge in [-0.15, -0.1) is 0 Å². The molecule has 1 fully saturated rings. The summed E-state index contributed by atoms with van der Waals surface area (Å²) in [5.74, 6) is -1.10. The predicted molar refractivity (Wildman–Crippen MR) is 93.0 cm³/mol. The number of rotatable bonds is 5. The molecule has 0 saturated heterocycles. The van der Waals surface area contributed by atoms with Crippen LogP contribution in [0.2, 0.25) is 0 Å². The van der Waals surface area contributed by atoms with Gasteiger partial charge in [0, 0.05) is 24.0 Å². The van der Waals surface area contributed by atoms with Crippen molar-refractivity contribution in [2.24, 2.45) is 5.41 Å². The number of pyridine rings is 1. The summed E-state index contributed by atoms with van der Waals surface area (Å²) in [4.78, 5) is 44.9. The lowest BCUT2D eigenvalue weighted by Crippen LogP contribution is -2.25. The van der Waals surface area contributed by atoms with Crippen LogP contribution < -0.4 is 15.6 Å². The number of amides is 1. The summed E-state index contributed by atoms with van der Waals surface area (Å²) in [6.07, 6.45) is 4.12. The topological polar surface area (TPSA) is 114 Å². The number of hydrogen-bond acceptors (Lipinski definition) is 6. The van der Waals surface area contributed by atoms with Crippen LogP contribution in [0.3, 0.4) is 0 Å². The average molecular weight is 368 g/mol. The molecule has 0 bridgehead atoms. The zero-order valence-electron chi connectivity index (χ0n) is 13.9. The Bertz CT molecular complexity index is 1120. The van der Waals surface area contributed by atoms with Crippen LogP contribution in [0.25, 0.3) is 11.2 Å². The number of nitrogens with one attached hydrogen (secondary N) is 2. The maximum Gasteiger partial charge on any atom is 0.267 e. The zero-order chi connectivity index (χ0) is 19.0. The van der Waals surface area contributed by atoms with E-state index in [9.17, 15) is 18.8 Å². The molecule has 2 aromatic heterocycles. The zero-order valence-corrected chi connectivity index (χ0v) is 13.9. The van der Waals surface area contributed by atoms with Crippen LogP contribution in [0.15, 0.2) is 41.5 Å². The summed E-state index contributed by atoms with van der Waals surface area (Å²) in [5.41, 5.74) is -0.723. The number of carbonyl (C=O) groups excluding carboxylic acids is 2. The van der Waals surface area contributed by atoms with Crippen molar-refractivity contribution in [3.8, 4) is 11.5 Å². The second kappa shape index (κ2) is 6.27. The highest BCUT2D eigenvalue weighted by Crippen LogP contribution is 2.44. The molecule has 1 aliphatic rings. The number of carbonyl (C=O) groups is 2. The van der Waals surface area contributed by atoms with Gasteiger partial charge in [-0.1, -0.05) is 0 Å². The Morgan fingerprint density at radius 2 is 2.07 bits per heavy atom. The SMILES string of the molecule is O=CC1(C(=O)Nc2ccc(Oc3ccnc4ncc(=O)[nH]c34)c(F)c2)CC1. The number of anilines is 1. The maximum absolute atomic E-state index is 14.4. The summed E-state index contributed by atoms with van der Waals surface area (Å²) in [5, 5.41) is 2.53. The Morgan fingerprint density at radius 3 is 2.78 bits per heavy atom. The van der Waals surface area contributed by atoms with Gasteiger partial charge in [-0.05, 0) is 25.0 Å². The minimum absolute atomic E-state index is 0.110. The molecule has 1 saturated carbocycles. The van der Waals surface area contributed by atoms with Gasteiger partial charge in [0.05, 0.1) is 6.20 Å².